The number of hydrogen-bond acceptors (Lipinski definition) is 6. The summed E-state index contributed by atoms with van der Waals surface area (Å²) in [6, 6.07) is 13.5. The molecule has 0 amide bonds. The number of carbonyl (C=O) groups is 2. The van der Waals surface area contributed by atoms with Crippen molar-refractivity contribution in [1.82, 2.24) is 5.32 Å². The largest absolute Gasteiger partial charge is 0.493 e. The number of rotatable bonds is 6. The molecular formula is C28H30BrNO5. The quantitative estimate of drug-likeness (QED) is 0.479. The fraction of sp³-hybridized carbons (Fsp3) is 0.357. The number of allylic oxidation sites excluding steroid dienone is 3. The van der Waals surface area contributed by atoms with Gasteiger partial charge in [-0.1, -0.05) is 40.2 Å². The Kier molecular flexibility index (Phi) is 7.36. The number of ether oxygens (including phenoxy) is 3. The van der Waals surface area contributed by atoms with E-state index in [1.54, 1.807) is 14.2 Å². The molecule has 0 bridgehead atoms. The molecule has 7 heteroatoms. The van der Waals surface area contributed by atoms with Crippen molar-refractivity contribution in [1.29, 1.82) is 0 Å². The standard InChI is InChI=1S/C28H30BrNO5/c1-15(2)35-28(32)25-16(3)30-21-12-19(18-8-11-23(33-4)24(14-18)34-5)13-22(31)27(21)26(25)17-6-9-20(29)10-7-17/h6-12,14-15,19,26-27,30H,13H2,1-5H3. The second kappa shape index (κ2) is 10.3. The van der Waals surface area contributed by atoms with E-state index >= 15 is 0 Å². The molecule has 3 unspecified atom stereocenters. The van der Waals surface area contributed by atoms with Crippen LogP contribution in [-0.4, -0.2) is 32.1 Å². The van der Waals surface area contributed by atoms with E-state index in [0.717, 1.165) is 21.3 Å². The summed E-state index contributed by atoms with van der Waals surface area (Å²) in [4.78, 5) is 26.9. The number of nitrogens with one attached hydrogen (secondary N) is 1. The van der Waals surface area contributed by atoms with Gasteiger partial charge in [0.15, 0.2) is 11.5 Å². The first kappa shape index (κ1) is 25.0. The summed E-state index contributed by atoms with van der Waals surface area (Å²) in [5.74, 6) is -0.105. The molecule has 0 saturated heterocycles. The van der Waals surface area contributed by atoms with Crippen molar-refractivity contribution in [2.24, 2.45) is 5.92 Å². The average molecular weight is 540 g/mol. The first-order chi connectivity index (χ1) is 16.7. The molecule has 0 radical (unpaired) electrons. The van der Waals surface area contributed by atoms with Gasteiger partial charge in [0.05, 0.1) is 31.8 Å². The van der Waals surface area contributed by atoms with Crippen molar-refractivity contribution < 1.29 is 23.8 Å². The SMILES string of the molecule is COc1ccc(C2C=C3NC(C)=C(C(=O)OC(C)C)C(c4ccc(Br)cc4)C3C(=O)C2)cc1OC. The summed E-state index contributed by atoms with van der Waals surface area (Å²) >= 11 is 3.48. The zero-order chi connectivity index (χ0) is 25.3. The molecule has 1 heterocycles. The van der Waals surface area contributed by atoms with Crippen molar-refractivity contribution >= 4 is 27.7 Å². The molecule has 1 aliphatic heterocycles. The lowest BCUT2D eigenvalue weighted by atomic mass is 9.68. The number of ketones is 1. The number of hydrogen-bond donors (Lipinski definition) is 1. The number of methoxy groups -OCH3 is 2. The molecule has 3 atom stereocenters. The van der Waals surface area contributed by atoms with Crippen LogP contribution in [0.4, 0.5) is 0 Å². The van der Waals surface area contributed by atoms with E-state index in [-0.39, 0.29) is 17.8 Å². The lowest BCUT2D eigenvalue weighted by Gasteiger charge is -2.39. The first-order valence-corrected chi connectivity index (χ1v) is 12.4. The van der Waals surface area contributed by atoms with Crippen LogP contribution in [0.1, 0.15) is 50.2 Å². The summed E-state index contributed by atoms with van der Waals surface area (Å²) in [5.41, 5.74) is 3.88. The van der Waals surface area contributed by atoms with E-state index in [0.29, 0.717) is 29.2 Å². The third-order valence-corrected chi connectivity index (χ3v) is 7.02. The topological polar surface area (TPSA) is 73.9 Å². The van der Waals surface area contributed by atoms with Gasteiger partial charge in [0.1, 0.15) is 5.78 Å². The van der Waals surface area contributed by atoms with Gasteiger partial charge in [0.25, 0.3) is 0 Å². The van der Waals surface area contributed by atoms with Crippen molar-refractivity contribution in [3.63, 3.8) is 0 Å². The predicted molar refractivity (Wildman–Crippen MR) is 137 cm³/mol. The number of fused-ring (bicyclic) bond motifs is 1. The predicted octanol–water partition coefficient (Wildman–Crippen LogP) is 5.64. The van der Waals surface area contributed by atoms with E-state index in [9.17, 15) is 9.59 Å². The van der Waals surface area contributed by atoms with E-state index in [4.69, 9.17) is 14.2 Å². The van der Waals surface area contributed by atoms with Crippen molar-refractivity contribution in [2.75, 3.05) is 14.2 Å². The number of halogens is 1. The van der Waals surface area contributed by atoms with E-state index in [1.165, 1.54) is 0 Å². The number of benzene rings is 2. The molecule has 6 nitrogen and oxygen atoms in total. The first-order valence-electron chi connectivity index (χ1n) is 11.6. The van der Waals surface area contributed by atoms with Crippen LogP contribution in [-0.2, 0) is 14.3 Å². The third kappa shape index (κ3) is 5.01. The van der Waals surface area contributed by atoms with E-state index in [2.05, 4.69) is 27.3 Å². The minimum Gasteiger partial charge on any atom is -0.493 e. The second-order valence-corrected chi connectivity index (χ2v) is 10.1. The fourth-order valence-corrected chi connectivity index (χ4v) is 5.21. The summed E-state index contributed by atoms with van der Waals surface area (Å²) in [7, 11) is 3.19. The second-order valence-electron chi connectivity index (χ2n) is 9.14. The van der Waals surface area contributed by atoms with Gasteiger partial charge in [-0.15, -0.1) is 0 Å². The minimum absolute atomic E-state index is 0.0741. The third-order valence-electron chi connectivity index (χ3n) is 6.49. The van der Waals surface area contributed by atoms with Gasteiger partial charge in [0.2, 0.25) is 0 Å². The maximum atomic E-state index is 13.7. The van der Waals surface area contributed by atoms with Gasteiger partial charge in [-0.25, -0.2) is 4.79 Å². The summed E-state index contributed by atoms with van der Waals surface area (Å²) in [6.07, 6.45) is 2.17. The molecule has 4 rings (SSSR count). The molecule has 0 saturated carbocycles. The van der Waals surface area contributed by atoms with Crippen molar-refractivity contribution in [2.45, 2.75) is 45.1 Å². The van der Waals surface area contributed by atoms with E-state index < -0.39 is 17.8 Å². The molecule has 0 spiro atoms. The Morgan fingerprint density at radius 2 is 1.66 bits per heavy atom. The maximum absolute atomic E-state index is 13.7. The Morgan fingerprint density at radius 3 is 2.29 bits per heavy atom. The normalized spacial score (nSPS) is 21.7. The molecule has 184 valence electrons. The van der Waals surface area contributed by atoms with Gasteiger partial charge in [-0.2, -0.15) is 0 Å². The van der Waals surface area contributed by atoms with Gasteiger partial charge >= 0.3 is 5.97 Å². The molecule has 2 aliphatic rings. The zero-order valence-corrected chi connectivity index (χ0v) is 22.1. The van der Waals surface area contributed by atoms with Crippen molar-refractivity contribution in [3.05, 3.63) is 81.1 Å². The molecule has 1 N–H and O–H groups in total. The van der Waals surface area contributed by atoms with Crippen LogP contribution in [0.2, 0.25) is 0 Å². The van der Waals surface area contributed by atoms with Gasteiger partial charge in [0, 0.05) is 34.1 Å². The maximum Gasteiger partial charge on any atom is 0.336 e. The molecule has 1 aliphatic carbocycles. The van der Waals surface area contributed by atoms with Crippen LogP contribution in [0, 0.1) is 5.92 Å². The highest BCUT2D eigenvalue weighted by Gasteiger charge is 2.45. The highest BCUT2D eigenvalue weighted by Crippen LogP contribution is 2.47. The highest BCUT2D eigenvalue weighted by molar-refractivity contribution is 9.10. The molecule has 2 aromatic rings. The van der Waals surface area contributed by atoms with Crippen LogP contribution in [0.3, 0.4) is 0 Å². The Morgan fingerprint density at radius 1 is 1.00 bits per heavy atom. The Labute approximate surface area is 214 Å². The van der Waals surface area contributed by atoms with Crippen LogP contribution in [0.15, 0.2) is 70.0 Å². The Bertz CT molecular complexity index is 1200. The van der Waals surface area contributed by atoms with Crippen LogP contribution in [0.25, 0.3) is 0 Å². The molecular weight excluding hydrogens is 510 g/mol. The van der Waals surface area contributed by atoms with Crippen LogP contribution >= 0.6 is 15.9 Å². The number of carbonyl (C=O) groups excluding carboxylic acids is 2. The minimum atomic E-state index is -0.494. The van der Waals surface area contributed by atoms with Gasteiger partial charge in [-0.3, -0.25) is 4.79 Å². The summed E-state index contributed by atoms with van der Waals surface area (Å²) in [5, 5.41) is 3.37. The van der Waals surface area contributed by atoms with E-state index in [1.807, 2.05) is 63.2 Å². The number of esters is 1. The van der Waals surface area contributed by atoms with Crippen LogP contribution in [0.5, 0.6) is 11.5 Å². The van der Waals surface area contributed by atoms with Gasteiger partial charge < -0.3 is 19.5 Å². The lowest BCUT2D eigenvalue weighted by molar-refractivity contribution is -0.143. The zero-order valence-electron chi connectivity index (χ0n) is 20.6. The van der Waals surface area contributed by atoms with Crippen molar-refractivity contribution in [3.8, 4) is 11.5 Å². The molecule has 0 fully saturated rings. The molecule has 2 aromatic carbocycles. The van der Waals surface area contributed by atoms with Crippen LogP contribution < -0.4 is 14.8 Å². The Balaban J connectivity index is 1.80. The summed E-state index contributed by atoms with van der Waals surface area (Å²) in [6.45, 7) is 5.51. The van der Waals surface area contributed by atoms with Gasteiger partial charge in [-0.05, 0) is 56.2 Å². The summed E-state index contributed by atoms with van der Waals surface area (Å²) < 4.78 is 17.3. The molecule has 0 aromatic heterocycles. The smallest absolute Gasteiger partial charge is 0.336 e. The highest BCUT2D eigenvalue weighted by atomic mass is 79.9. The molecule has 35 heavy (non-hydrogen) atoms. The monoisotopic (exact) mass is 539 g/mol. The number of Topliss-reactive ketones (excluding diaryl/α,β-unsaturated/α-hetero) is 1. The Hall–Kier alpha value is -3.06. The fourth-order valence-electron chi connectivity index (χ4n) is 4.95. The lowest BCUT2D eigenvalue weighted by Crippen LogP contribution is -2.42. The average Bonchev–Trinajstić information content (AvgIpc) is 2.82.